The average Bonchev–Trinajstić information content (AvgIpc) is 2.45. The van der Waals surface area contributed by atoms with Gasteiger partial charge in [0.25, 0.3) is 5.91 Å². The molecule has 0 aromatic heterocycles. The molecule has 1 aromatic rings. The summed E-state index contributed by atoms with van der Waals surface area (Å²) >= 11 is 2.16. The van der Waals surface area contributed by atoms with E-state index in [9.17, 15) is 9.59 Å². The number of hydrogen-bond donors (Lipinski definition) is 1. The molecule has 1 aromatic carbocycles. The number of carbonyl (C=O) groups excluding carboxylic acids is 2. The van der Waals surface area contributed by atoms with Gasteiger partial charge in [0.2, 0.25) is 5.91 Å². The molecule has 1 N–H and O–H groups in total. The first kappa shape index (κ1) is 14.3. The molecule has 0 bridgehead atoms. The second kappa shape index (κ2) is 6.88. The summed E-state index contributed by atoms with van der Waals surface area (Å²) in [5.41, 5.74) is 0.596. The molecular weight excluding hydrogens is 355 g/mol. The maximum Gasteiger partial charge on any atom is 0.251 e. The summed E-state index contributed by atoms with van der Waals surface area (Å²) in [6.07, 6.45) is 3.33. The number of rotatable bonds is 3. The van der Waals surface area contributed by atoms with Gasteiger partial charge in [0.1, 0.15) is 0 Å². The number of amides is 2. The number of hydrogen-bond acceptors (Lipinski definition) is 2. The second-order valence-electron chi connectivity index (χ2n) is 4.63. The fraction of sp³-hybridized carbons (Fsp3) is 0.429. The molecular formula is C14H17IN2O2. The zero-order valence-electron chi connectivity index (χ0n) is 10.7. The van der Waals surface area contributed by atoms with Crippen LogP contribution >= 0.6 is 22.6 Å². The molecule has 1 saturated heterocycles. The summed E-state index contributed by atoms with van der Waals surface area (Å²) in [5.74, 6) is -0.178. The predicted molar refractivity (Wildman–Crippen MR) is 81.9 cm³/mol. The quantitative estimate of drug-likeness (QED) is 0.826. The third kappa shape index (κ3) is 4.19. The Balaban J connectivity index is 1.84. The molecule has 2 rings (SSSR count). The molecule has 4 nitrogen and oxygen atoms in total. The minimum absolute atomic E-state index is 0.0127. The van der Waals surface area contributed by atoms with Gasteiger partial charge in [-0.15, -0.1) is 0 Å². The first-order valence-corrected chi connectivity index (χ1v) is 7.56. The van der Waals surface area contributed by atoms with Crippen molar-refractivity contribution < 1.29 is 9.59 Å². The molecule has 1 aliphatic heterocycles. The van der Waals surface area contributed by atoms with Crippen molar-refractivity contribution in [2.24, 2.45) is 0 Å². The van der Waals surface area contributed by atoms with E-state index in [1.807, 2.05) is 17.0 Å². The molecule has 19 heavy (non-hydrogen) atoms. The van der Waals surface area contributed by atoms with E-state index in [0.717, 1.165) is 29.5 Å². The highest BCUT2D eigenvalue weighted by Crippen LogP contribution is 2.09. The van der Waals surface area contributed by atoms with Crippen molar-refractivity contribution in [2.75, 3.05) is 19.6 Å². The molecule has 1 aliphatic rings. The van der Waals surface area contributed by atoms with Crippen molar-refractivity contribution in [3.8, 4) is 0 Å². The molecule has 0 saturated carbocycles. The van der Waals surface area contributed by atoms with E-state index in [1.54, 1.807) is 12.1 Å². The van der Waals surface area contributed by atoms with Gasteiger partial charge in [-0.25, -0.2) is 0 Å². The Kier molecular flexibility index (Phi) is 5.18. The monoisotopic (exact) mass is 372 g/mol. The molecule has 1 fully saturated rings. The van der Waals surface area contributed by atoms with Gasteiger partial charge in [-0.2, -0.15) is 0 Å². The van der Waals surface area contributed by atoms with Crippen LogP contribution in [0.15, 0.2) is 24.3 Å². The molecule has 2 amide bonds. The van der Waals surface area contributed by atoms with Crippen LogP contribution in [0, 0.1) is 3.57 Å². The number of halogens is 1. The van der Waals surface area contributed by atoms with Gasteiger partial charge in [-0.3, -0.25) is 9.59 Å². The summed E-state index contributed by atoms with van der Waals surface area (Å²) in [6.45, 7) is 1.72. The van der Waals surface area contributed by atoms with Crippen LogP contribution in [0.2, 0.25) is 0 Å². The average molecular weight is 372 g/mol. The van der Waals surface area contributed by atoms with Crippen LogP contribution in [-0.2, 0) is 4.79 Å². The molecule has 102 valence electrons. The third-order valence-electron chi connectivity index (χ3n) is 3.20. The molecule has 0 aliphatic carbocycles. The minimum atomic E-state index is -0.191. The van der Waals surface area contributed by atoms with Crippen molar-refractivity contribution >= 4 is 34.4 Å². The van der Waals surface area contributed by atoms with Crippen molar-refractivity contribution in [3.63, 3.8) is 0 Å². The van der Waals surface area contributed by atoms with Crippen LogP contribution in [0.25, 0.3) is 0 Å². The molecule has 0 radical (unpaired) electrons. The Hall–Kier alpha value is -1.11. The Morgan fingerprint density at radius 1 is 1.21 bits per heavy atom. The number of benzene rings is 1. The number of nitrogens with one attached hydrogen (secondary N) is 1. The molecule has 0 unspecified atom stereocenters. The zero-order valence-corrected chi connectivity index (χ0v) is 12.9. The Bertz CT molecular complexity index is 470. The van der Waals surface area contributed by atoms with Gasteiger partial charge in [0.05, 0.1) is 6.54 Å². The maximum atomic E-state index is 11.9. The lowest BCUT2D eigenvalue weighted by atomic mass is 10.1. The number of carbonyl (C=O) groups is 2. The summed E-state index contributed by atoms with van der Waals surface area (Å²) in [7, 11) is 0. The Morgan fingerprint density at radius 3 is 2.63 bits per heavy atom. The van der Waals surface area contributed by atoms with Gasteiger partial charge >= 0.3 is 0 Å². The number of likely N-dealkylation sites (tertiary alicyclic amines) is 1. The number of nitrogens with zero attached hydrogens (tertiary/aromatic N) is 1. The SMILES string of the molecule is O=C(NCC(=O)N1CCCCC1)c1cccc(I)c1. The van der Waals surface area contributed by atoms with Gasteiger partial charge in [0.15, 0.2) is 0 Å². The topological polar surface area (TPSA) is 49.4 Å². The zero-order chi connectivity index (χ0) is 13.7. The van der Waals surface area contributed by atoms with Crippen LogP contribution in [-0.4, -0.2) is 36.3 Å². The van der Waals surface area contributed by atoms with Crippen LogP contribution < -0.4 is 5.32 Å². The van der Waals surface area contributed by atoms with Crippen LogP contribution in [0.3, 0.4) is 0 Å². The Morgan fingerprint density at radius 2 is 1.95 bits per heavy atom. The molecule has 0 atom stereocenters. The second-order valence-corrected chi connectivity index (χ2v) is 5.88. The molecule has 0 spiro atoms. The first-order valence-electron chi connectivity index (χ1n) is 6.48. The van der Waals surface area contributed by atoms with E-state index in [-0.39, 0.29) is 18.4 Å². The largest absolute Gasteiger partial charge is 0.343 e. The smallest absolute Gasteiger partial charge is 0.251 e. The van der Waals surface area contributed by atoms with Crippen molar-refractivity contribution in [3.05, 3.63) is 33.4 Å². The Labute approximate surface area is 126 Å². The van der Waals surface area contributed by atoms with Crippen LogP contribution in [0.4, 0.5) is 0 Å². The highest BCUT2D eigenvalue weighted by atomic mass is 127. The highest BCUT2D eigenvalue weighted by Gasteiger charge is 2.17. The van der Waals surface area contributed by atoms with Gasteiger partial charge in [-0.1, -0.05) is 6.07 Å². The predicted octanol–water partition coefficient (Wildman–Crippen LogP) is 2.03. The van der Waals surface area contributed by atoms with E-state index >= 15 is 0 Å². The van der Waals surface area contributed by atoms with E-state index < -0.39 is 0 Å². The lowest BCUT2D eigenvalue weighted by Crippen LogP contribution is -2.42. The van der Waals surface area contributed by atoms with E-state index in [1.165, 1.54) is 6.42 Å². The lowest BCUT2D eigenvalue weighted by Gasteiger charge is -2.26. The standard InChI is InChI=1S/C14H17IN2O2/c15-12-6-4-5-11(9-12)14(19)16-10-13(18)17-7-2-1-3-8-17/h4-6,9H,1-3,7-8,10H2,(H,16,19). The summed E-state index contributed by atoms with van der Waals surface area (Å²) < 4.78 is 1.01. The summed E-state index contributed by atoms with van der Waals surface area (Å²) in [4.78, 5) is 25.6. The maximum absolute atomic E-state index is 11.9. The summed E-state index contributed by atoms with van der Waals surface area (Å²) in [6, 6.07) is 7.32. The van der Waals surface area contributed by atoms with Crippen molar-refractivity contribution in [2.45, 2.75) is 19.3 Å². The van der Waals surface area contributed by atoms with Gasteiger partial charge in [0, 0.05) is 22.2 Å². The van der Waals surface area contributed by atoms with E-state index in [0.29, 0.717) is 5.56 Å². The number of piperidine rings is 1. The van der Waals surface area contributed by atoms with Gasteiger partial charge in [-0.05, 0) is 60.1 Å². The minimum Gasteiger partial charge on any atom is -0.343 e. The van der Waals surface area contributed by atoms with Crippen LogP contribution in [0.1, 0.15) is 29.6 Å². The van der Waals surface area contributed by atoms with E-state index in [2.05, 4.69) is 27.9 Å². The summed E-state index contributed by atoms with van der Waals surface area (Å²) in [5, 5.41) is 2.69. The lowest BCUT2D eigenvalue weighted by molar-refractivity contribution is -0.130. The normalized spacial score (nSPS) is 15.1. The highest BCUT2D eigenvalue weighted by molar-refractivity contribution is 14.1. The molecule has 5 heteroatoms. The molecule has 1 heterocycles. The van der Waals surface area contributed by atoms with Crippen molar-refractivity contribution in [1.82, 2.24) is 10.2 Å². The fourth-order valence-corrected chi connectivity index (χ4v) is 2.69. The van der Waals surface area contributed by atoms with Gasteiger partial charge < -0.3 is 10.2 Å². The fourth-order valence-electron chi connectivity index (χ4n) is 2.14. The van der Waals surface area contributed by atoms with Crippen molar-refractivity contribution in [1.29, 1.82) is 0 Å². The van der Waals surface area contributed by atoms with E-state index in [4.69, 9.17) is 0 Å². The first-order chi connectivity index (χ1) is 9.16. The third-order valence-corrected chi connectivity index (χ3v) is 3.87. The van der Waals surface area contributed by atoms with Crippen LogP contribution in [0.5, 0.6) is 0 Å².